The lowest BCUT2D eigenvalue weighted by Crippen LogP contribution is -2.36. The predicted molar refractivity (Wildman–Crippen MR) is 76.7 cm³/mol. The summed E-state index contributed by atoms with van der Waals surface area (Å²) in [6.07, 6.45) is 0.977. The lowest BCUT2D eigenvalue weighted by atomic mass is 10.1. The van der Waals surface area contributed by atoms with Crippen LogP contribution in [0.3, 0.4) is 0 Å². The number of nitrogens with one attached hydrogen (secondary N) is 2. The number of benzene rings is 1. The van der Waals surface area contributed by atoms with E-state index in [4.69, 9.17) is 4.74 Å². The maximum absolute atomic E-state index is 12.1. The Bertz CT molecular complexity index is 423. The molecule has 2 N–H and O–H groups in total. The third kappa shape index (κ3) is 3.60. The van der Waals surface area contributed by atoms with Crippen LogP contribution >= 0.6 is 28.3 Å². The summed E-state index contributed by atoms with van der Waals surface area (Å²) in [6, 6.07) is 5.61. The summed E-state index contributed by atoms with van der Waals surface area (Å²) in [5, 5.41) is 6.21. The summed E-state index contributed by atoms with van der Waals surface area (Å²) in [7, 11) is 1.57. The molecule has 1 atom stereocenters. The Kier molecular flexibility index (Phi) is 5.91. The van der Waals surface area contributed by atoms with Crippen molar-refractivity contribution < 1.29 is 9.53 Å². The highest BCUT2D eigenvalue weighted by atomic mass is 79.9. The van der Waals surface area contributed by atoms with Crippen molar-refractivity contribution in [2.24, 2.45) is 0 Å². The second-order valence-electron chi connectivity index (χ2n) is 4.01. The lowest BCUT2D eigenvalue weighted by molar-refractivity contribution is 0.0937. The Morgan fingerprint density at radius 3 is 2.94 bits per heavy atom. The fourth-order valence-electron chi connectivity index (χ4n) is 1.89. The third-order valence-corrected chi connectivity index (χ3v) is 3.30. The van der Waals surface area contributed by atoms with Crippen molar-refractivity contribution in [1.29, 1.82) is 0 Å². The van der Waals surface area contributed by atoms with E-state index in [-0.39, 0.29) is 24.4 Å². The van der Waals surface area contributed by atoms with Crippen LogP contribution < -0.4 is 15.4 Å². The van der Waals surface area contributed by atoms with Crippen molar-refractivity contribution in [1.82, 2.24) is 10.6 Å². The van der Waals surface area contributed by atoms with E-state index in [1.807, 2.05) is 6.07 Å². The molecule has 1 aliphatic rings. The molecule has 2 rings (SSSR count). The quantitative estimate of drug-likeness (QED) is 0.888. The topological polar surface area (TPSA) is 50.4 Å². The SMILES string of the molecule is COc1cc(Br)ccc1C(=O)NC1CCNC1.Cl. The number of hydrogen-bond acceptors (Lipinski definition) is 3. The maximum atomic E-state index is 12.1. The standard InChI is InChI=1S/C12H15BrN2O2.ClH/c1-17-11-6-8(13)2-3-10(11)12(16)15-9-4-5-14-7-9;/h2-3,6,9,14H,4-5,7H2,1H3,(H,15,16);1H. The van der Waals surface area contributed by atoms with E-state index in [0.29, 0.717) is 11.3 Å². The molecular weight excluding hydrogens is 320 g/mol. The zero-order valence-electron chi connectivity index (χ0n) is 10.0. The van der Waals surface area contributed by atoms with Crippen LogP contribution in [0.1, 0.15) is 16.8 Å². The average Bonchev–Trinajstić information content (AvgIpc) is 2.81. The van der Waals surface area contributed by atoms with Gasteiger partial charge in [0.2, 0.25) is 0 Å². The minimum absolute atomic E-state index is 0. The molecule has 0 aliphatic carbocycles. The van der Waals surface area contributed by atoms with Crippen LogP contribution in [0.15, 0.2) is 22.7 Å². The molecule has 1 fully saturated rings. The van der Waals surface area contributed by atoms with Crippen molar-refractivity contribution in [2.45, 2.75) is 12.5 Å². The molecule has 1 heterocycles. The first-order valence-corrected chi connectivity index (χ1v) is 6.35. The molecule has 6 heteroatoms. The minimum atomic E-state index is -0.0805. The van der Waals surface area contributed by atoms with Gasteiger partial charge in [0.1, 0.15) is 5.75 Å². The van der Waals surface area contributed by atoms with Crippen molar-refractivity contribution in [3.63, 3.8) is 0 Å². The molecule has 0 spiro atoms. The first-order chi connectivity index (χ1) is 8.20. The number of rotatable bonds is 3. The third-order valence-electron chi connectivity index (χ3n) is 2.80. The van der Waals surface area contributed by atoms with E-state index in [9.17, 15) is 4.79 Å². The van der Waals surface area contributed by atoms with Crippen molar-refractivity contribution >= 4 is 34.2 Å². The zero-order valence-corrected chi connectivity index (χ0v) is 12.4. The van der Waals surface area contributed by atoms with Gasteiger partial charge in [-0.15, -0.1) is 12.4 Å². The lowest BCUT2D eigenvalue weighted by Gasteiger charge is -2.13. The largest absolute Gasteiger partial charge is 0.496 e. The highest BCUT2D eigenvalue weighted by Gasteiger charge is 2.19. The number of ether oxygens (including phenoxy) is 1. The van der Waals surface area contributed by atoms with Crippen LogP contribution in [0.2, 0.25) is 0 Å². The van der Waals surface area contributed by atoms with Gasteiger partial charge >= 0.3 is 0 Å². The maximum Gasteiger partial charge on any atom is 0.255 e. The molecule has 1 unspecified atom stereocenters. The van der Waals surface area contributed by atoms with Gasteiger partial charge < -0.3 is 15.4 Å². The monoisotopic (exact) mass is 334 g/mol. The van der Waals surface area contributed by atoms with Crippen LogP contribution in [0.25, 0.3) is 0 Å². The Morgan fingerprint density at radius 1 is 1.56 bits per heavy atom. The Morgan fingerprint density at radius 2 is 2.33 bits per heavy atom. The second-order valence-corrected chi connectivity index (χ2v) is 4.92. The van der Waals surface area contributed by atoms with Crippen LogP contribution in [0.4, 0.5) is 0 Å². The van der Waals surface area contributed by atoms with Crippen LogP contribution in [-0.2, 0) is 0 Å². The first kappa shape index (κ1) is 15.3. The Labute approximate surface area is 121 Å². The number of amides is 1. The molecular formula is C12H16BrClN2O2. The fraction of sp³-hybridized carbons (Fsp3) is 0.417. The van der Waals surface area contributed by atoms with Crippen molar-refractivity contribution in [2.75, 3.05) is 20.2 Å². The number of carbonyl (C=O) groups excluding carboxylic acids is 1. The molecule has 1 aliphatic heterocycles. The molecule has 0 radical (unpaired) electrons. The molecule has 1 amide bonds. The number of hydrogen-bond donors (Lipinski definition) is 2. The second kappa shape index (κ2) is 6.97. The molecule has 1 aromatic rings. The summed E-state index contributed by atoms with van der Waals surface area (Å²) in [6.45, 7) is 1.80. The molecule has 100 valence electrons. The van der Waals surface area contributed by atoms with Crippen molar-refractivity contribution in [3.8, 4) is 5.75 Å². The number of halogens is 2. The minimum Gasteiger partial charge on any atom is -0.496 e. The van der Waals surface area contributed by atoms with Gasteiger partial charge in [0.05, 0.1) is 12.7 Å². The van der Waals surface area contributed by atoms with Gasteiger partial charge in [-0.1, -0.05) is 15.9 Å². The molecule has 18 heavy (non-hydrogen) atoms. The molecule has 0 aromatic heterocycles. The van der Waals surface area contributed by atoms with E-state index >= 15 is 0 Å². The summed E-state index contributed by atoms with van der Waals surface area (Å²) in [5.74, 6) is 0.505. The van der Waals surface area contributed by atoms with Gasteiger partial charge in [-0.3, -0.25) is 4.79 Å². The van der Waals surface area contributed by atoms with E-state index < -0.39 is 0 Å². The normalized spacial score (nSPS) is 18.0. The van der Waals surface area contributed by atoms with Crippen LogP contribution in [0.5, 0.6) is 5.75 Å². The summed E-state index contributed by atoms with van der Waals surface area (Å²) >= 11 is 3.35. The number of methoxy groups -OCH3 is 1. The molecule has 1 aromatic carbocycles. The molecule has 1 saturated heterocycles. The summed E-state index contributed by atoms with van der Waals surface area (Å²) in [5.41, 5.74) is 0.572. The molecule has 4 nitrogen and oxygen atoms in total. The fourth-order valence-corrected chi connectivity index (χ4v) is 2.23. The zero-order chi connectivity index (χ0) is 12.3. The molecule has 0 saturated carbocycles. The molecule has 0 bridgehead atoms. The smallest absolute Gasteiger partial charge is 0.255 e. The van der Waals surface area contributed by atoms with E-state index in [1.165, 1.54) is 0 Å². The summed E-state index contributed by atoms with van der Waals surface area (Å²) < 4.78 is 6.10. The van der Waals surface area contributed by atoms with E-state index in [0.717, 1.165) is 24.0 Å². The van der Waals surface area contributed by atoms with E-state index in [2.05, 4.69) is 26.6 Å². The van der Waals surface area contributed by atoms with Gasteiger partial charge in [-0.05, 0) is 31.2 Å². The van der Waals surface area contributed by atoms with Gasteiger partial charge in [0.15, 0.2) is 0 Å². The van der Waals surface area contributed by atoms with Gasteiger partial charge in [-0.2, -0.15) is 0 Å². The summed E-state index contributed by atoms with van der Waals surface area (Å²) in [4.78, 5) is 12.1. The van der Waals surface area contributed by atoms with Gasteiger partial charge in [0, 0.05) is 17.1 Å². The van der Waals surface area contributed by atoms with Gasteiger partial charge in [-0.25, -0.2) is 0 Å². The number of carbonyl (C=O) groups is 1. The predicted octanol–water partition coefficient (Wildman–Crippen LogP) is 1.97. The van der Waals surface area contributed by atoms with Crippen LogP contribution in [-0.4, -0.2) is 32.1 Å². The highest BCUT2D eigenvalue weighted by molar-refractivity contribution is 9.10. The highest BCUT2D eigenvalue weighted by Crippen LogP contribution is 2.23. The van der Waals surface area contributed by atoms with Gasteiger partial charge in [0.25, 0.3) is 5.91 Å². The Hall–Kier alpha value is -0.780. The average molecular weight is 336 g/mol. The van der Waals surface area contributed by atoms with Crippen LogP contribution in [0, 0.1) is 0 Å². The van der Waals surface area contributed by atoms with Crippen molar-refractivity contribution in [3.05, 3.63) is 28.2 Å². The van der Waals surface area contributed by atoms with E-state index in [1.54, 1.807) is 19.2 Å². The first-order valence-electron chi connectivity index (χ1n) is 5.56. The Balaban J connectivity index is 0.00000162.